The largest absolute Gasteiger partial charge is 0.465 e. The number of rotatable bonds is 6. The molecule has 0 unspecified atom stereocenters. The molecule has 0 spiro atoms. The van der Waals surface area contributed by atoms with E-state index in [4.69, 9.17) is 14.2 Å². The van der Waals surface area contributed by atoms with Crippen molar-refractivity contribution >= 4 is 33.8 Å². The minimum atomic E-state index is -0.502. The Hall–Kier alpha value is -1.41. The van der Waals surface area contributed by atoms with Gasteiger partial charge in [0.25, 0.3) is 0 Å². The molecule has 0 aromatic rings. The van der Waals surface area contributed by atoms with Gasteiger partial charge in [-0.2, -0.15) is 0 Å². The Labute approximate surface area is 210 Å². The van der Waals surface area contributed by atoms with Gasteiger partial charge < -0.3 is 19.3 Å². The summed E-state index contributed by atoms with van der Waals surface area (Å²) in [4.78, 5) is 34.9. The highest BCUT2D eigenvalue weighted by molar-refractivity contribution is 9.09. The SMILES string of the molecule is CC(=O)OC[C@H](Br)[C@]1(C)CC=C2[C@@H](C1)[C@H](O)C[C@@H]1[C@]3(COC(C)=O)C[C@H]3[C@H](OC(C)=O)C[C@@]21C. The van der Waals surface area contributed by atoms with Gasteiger partial charge in [-0.15, -0.1) is 0 Å². The van der Waals surface area contributed by atoms with E-state index >= 15 is 0 Å². The van der Waals surface area contributed by atoms with Gasteiger partial charge in [-0.3, -0.25) is 14.4 Å². The molecule has 0 aromatic heterocycles. The number of fused-ring (bicyclic) bond motifs is 5. The number of hydrogen-bond donors (Lipinski definition) is 1. The van der Waals surface area contributed by atoms with Gasteiger partial charge in [0.05, 0.1) is 17.5 Å². The van der Waals surface area contributed by atoms with Crippen LogP contribution in [0.3, 0.4) is 0 Å². The average molecular weight is 541 g/mol. The summed E-state index contributed by atoms with van der Waals surface area (Å²) in [6.45, 7) is 9.29. The first-order valence-electron chi connectivity index (χ1n) is 12.3. The molecule has 0 heterocycles. The van der Waals surface area contributed by atoms with Crippen molar-refractivity contribution in [1.29, 1.82) is 0 Å². The molecule has 0 aromatic carbocycles. The highest BCUT2D eigenvalue weighted by Crippen LogP contribution is 2.74. The molecule has 0 amide bonds. The highest BCUT2D eigenvalue weighted by Gasteiger charge is 2.73. The van der Waals surface area contributed by atoms with Crippen LogP contribution in [-0.2, 0) is 28.6 Å². The van der Waals surface area contributed by atoms with E-state index in [1.54, 1.807) is 0 Å². The Balaban J connectivity index is 1.65. The molecule has 0 bridgehead atoms. The summed E-state index contributed by atoms with van der Waals surface area (Å²) in [7, 11) is 0. The average Bonchev–Trinajstić information content (AvgIpc) is 3.48. The third-order valence-electron chi connectivity index (χ3n) is 9.24. The molecular weight excluding hydrogens is 504 g/mol. The van der Waals surface area contributed by atoms with Crippen LogP contribution < -0.4 is 0 Å². The van der Waals surface area contributed by atoms with Crippen LogP contribution >= 0.6 is 15.9 Å². The summed E-state index contributed by atoms with van der Waals surface area (Å²) < 4.78 is 16.6. The number of hydrogen-bond acceptors (Lipinski definition) is 7. The summed E-state index contributed by atoms with van der Waals surface area (Å²) in [5, 5.41) is 11.4. The number of esters is 3. The zero-order valence-electron chi connectivity index (χ0n) is 20.8. The van der Waals surface area contributed by atoms with E-state index in [-0.39, 0.29) is 62.8 Å². The maximum atomic E-state index is 11.9. The van der Waals surface area contributed by atoms with Crippen LogP contribution in [-0.4, -0.2) is 53.3 Å². The lowest BCUT2D eigenvalue weighted by Crippen LogP contribution is -2.56. The predicted octanol–water partition coefficient (Wildman–Crippen LogP) is 3.95. The summed E-state index contributed by atoms with van der Waals surface area (Å²) in [5.41, 5.74) is 0.552. The smallest absolute Gasteiger partial charge is 0.302 e. The van der Waals surface area contributed by atoms with Crippen LogP contribution in [0.25, 0.3) is 0 Å². The second kappa shape index (κ2) is 8.91. The van der Waals surface area contributed by atoms with Crippen LogP contribution in [0.2, 0.25) is 0 Å². The topological polar surface area (TPSA) is 99.1 Å². The van der Waals surface area contributed by atoms with Crippen molar-refractivity contribution in [3.8, 4) is 0 Å². The van der Waals surface area contributed by atoms with Crippen molar-refractivity contribution in [3.05, 3.63) is 11.6 Å². The summed E-state index contributed by atoms with van der Waals surface area (Å²) in [6, 6.07) is 0. The molecular formula is C26H37BrO7. The van der Waals surface area contributed by atoms with Crippen LogP contribution in [0.1, 0.15) is 66.7 Å². The minimum absolute atomic E-state index is 0.0172. The standard InChI is InChI=1S/C26H37BrO7/c1-14(28)32-12-23(27)24(4)7-6-18-17(9-24)20(31)8-22-25(18,5)11-21(34-16(3)30)19-10-26(19,22)13-33-15(2)29/h6,17,19-23,31H,7-13H2,1-5H3/t17-,19+,20-,21-,22+,23+,24-,25+,26+/m1/s1. The molecule has 4 aliphatic carbocycles. The number of aliphatic hydroxyl groups is 1. The first-order chi connectivity index (χ1) is 15.8. The molecule has 190 valence electrons. The maximum Gasteiger partial charge on any atom is 0.302 e. The molecule has 9 atom stereocenters. The fraction of sp³-hybridized carbons (Fsp3) is 0.808. The van der Waals surface area contributed by atoms with Gasteiger partial charge >= 0.3 is 17.9 Å². The fourth-order valence-electron chi connectivity index (χ4n) is 7.49. The van der Waals surface area contributed by atoms with E-state index in [9.17, 15) is 19.5 Å². The molecule has 1 N–H and O–H groups in total. The lowest BCUT2D eigenvalue weighted by molar-refractivity contribution is -0.162. The Morgan fingerprint density at radius 2 is 1.76 bits per heavy atom. The lowest BCUT2D eigenvalue weighted by Gasteiger charge is -2.58. The van der Waals surface area contributed by atoms with E-state index < -0.39 is 6.10 Å². The number of alkyl halides is 1. The van der Waals surface area contributed by atoms with Crippen molar-refractivity contribution in [2.24, 2.45) is 34.0 Å². The van der Waals surface area contributed by atoms with E-state index in [0.29, 0.717) is 19.6 Å². The summed E-state index contributed by atoms with van der Waals surface area (Å²) >= 11 is 3.74. The molecule has 4 rings (SSSR count). The Bertz CT molecular complexity index is 902. The number of ether oxygens (including phenoxy) is 3. The van der Waals surface area contributed by atoms with E-state index in [1.807, 2.05) is 0 Å². The first kappa shape index (κ1) is 25.7. The quantitative estimate of drug-likeness (QED) is 0.235. The lowest BCUT2D eigenvalue weighted by atomic mass is 9.48. The molecule has 34 heavy (non-hydrogen) atoms. The normalized spacial score (nSPS) is 43.3. The summed E-state index contributed by atoms with van der Waals surface area (Å²) in [5.74, 6) is -0.609. The molecule has 0 saturated heterocycles. The van der Waals surface area contributed by atoms with E-state index in [1.165, 1.54) is 26.3 Å². The third-order valence-corrected chi connectivity index (χ3v) is 10.6. The van der Waals surface area contributed by atoms with Gasteiger partial charge in [-0.1, -0.05) is 41.4 Å². The Morgan fingerprint density at radius 3 is 2.38 bits per heavy atom. The summed E-state index contributed by atoms with van der Waals surface area (Å²) in [6.07, 6.45) is 5.33. The van der Waals surface area contributed by atoms with E-state index in [2.05, 4.69) is 35.9 Å². The fourth-order valence-corrected chi connectivity index (χ4v) is 7.99. The van der Waals surface area contributed by atoms with Gasteiger partial charge in [-0.25, -0.2) is 0 Å². The Kier molecular flexibility index (Phi) is 6.73. The number of allylic oxidation sites excluding steroid dienone is 1. The van der Waals surface area contributed by atoms with Crippen LogP contribution in [0.15, 0.2) is 11.6 Å². The predicted molar refractivity (Wildman–Crippen MR) is 128 cm³/mol. The zero-order chi connectivity index (χ0) is 25.1. The van der Waals surface area contributed by atoms with Crippen molar-refractivity contribution in [2.45, 2.75) is 83.8 Å². The molecule has 0 radical (unpaired) electrons. The molecule has 3 saturated carbocycles. The highest BCUT2D eigenvalue weighted by atomic mass is 79.9. The Morgan fingerprint density at radius 1 is 1.09 bits per heavy atom. The number of carbonyl (C=O) groups excluding carboxylic acids is 3. The van der Waals surface area contributed by atoms with Crippen molar-refractivity contribution in [1.82, 2.24) is 0 Å². The minimum Gasteiger partial charge on any atom is -0.465 e. The number of halogens is 1. The number of carbonyl (C=O) groups is 3. The molecule has 0 aliphatic heterocycles. The van der Waals surface area contributed by atoms with Crippen LogP contribution in [0.5, 0.6) is 0 Å². The van der Waals surface area contributed by atoms with Crippen LogP contribution in [0.4, 0.5) is 0 Å². The third kappa shape index (κ3) is 4.34. The molecule has 3 fully saturated rings. The molecule has 7 nitrogen and oxygen atoms in total. The molecule has 8 heteroatoms. The van der Waals surface area contributed by atoms with Crippen LogP contribution in [0, 0.1) is 34.0 Å². The van der Waals surface area contributed by atoms with Gasteiger partial charge in [0.2, 0.25) is 0 Å². The van der Waals surface area contributed by atoms with E-state index in [0.717, 1.165) is 25.7 Å². The van der Waals surface area contributed by atoms with Gasteiger partial charge in [0, 0.05) is 38.0 Å². The second-order valence-electron chi connectivity index (χ2n) is 11.5. The van der Waals surface area contributed by atoms with Crippen molar-refractivity contribution in [2.75, 3.05) is 13.2 Å². The zero-order valence-corrected chi connectivity index (χ0v) is 22.4. The first-order valence-corrected chi connectivity index (χ1v) is 13.2. The second-order valence-corrected chi connectivity index (χ2v) is 12.7. The van der Waals surface area contributed by atoms with Gasteiger partial charge in [-0.05, 0) is 48.9 Å². The van der Waals surface area contributed by atoms with Crippen molar-refractivity contribution < 1.29 is 33.7 Å². The maximum absolute atomic E-state index is 11.9. The van der Waals surface area contributed by atoms with Gasteiger partial charge in [0.15, 0.2) is 0 Å². The monoisotopic (exact) mass is 540 g/mol. The van der Waals surface area contributed by atoms with Crippen molar-refractivity contribution in [3.63, 3.8) is 0 Å². The van der Waals surface area contributed by atoms with Gasteiger partial charge in [0.1, 0.15) is 12.7 Å². The molecule has 4 aliphatic rings. The number of aliphatic hydroxyl groups excluding tert-OH is 1.